The van der Waals surface area contributed by atoms with Gasteiger partial charge in [0.15, 0.2) is 0 Å². The van der Waals surface area contributed by atoms with E-state index in [1.54, 1.807) is 60.7 Å². The summed E-state index contributed by atoms with van der Waals surface area (Å²) in [4.78, 5) is 34.7. The first-order chi connectivity index (χ1) is 13.4. The van der Waals surface area contributed by atoms with Gasteiger partial charge in [-0.15, -0.1) is 0 Å². The second-order valence-electron chi connectivity index (χ2n) is 5.82. The van der Waals surface area contributed by atoms with E-state index in [1.807, 2.05) is 0 Å². The molecule has 7 heteroatoms. The minimum atomic E-state index is -1.12. The molecule has 7 nitrogen and oxygen atoms in total. The molecule has 0 aromatic heterocycles. The summed E-state index contributed by atoms with van der Waals surface area (Å²) in [5, 5.41) is 11.8. The molecule has 0 unspecified atom stereocenters. The van der Waals surface area contributed by atoms with Gasteiger partial charge in [-0.2, -0.15) is 0 Å². The number of primary amides is 1. The first kappa shape index (κ1) is 18.7. The molecule has 0 aliphatic heterocycles. The Balaban J connectivity index is 1.69. The highest BCUT2D eigenvalue weighted by Crippen LogP contribution is 2.23. The van der Waals surface area contributed by atoms with Crippen LogP contribution in [-0.4, -0.2) is 22.9 Å². The lowest BCUT2D eigenvalue weighted by atomic mass is 10.1. The lowest BCUT2D eigenvalue weighted by molar-refractivity contribution is 0.0697. The molecule has 0 radical (unpaired) electrons. The number of carboxylic acid groups (broad SMARTS) is 1. The summed E-state index contributed by atoms with van der Waals surface area (Å²) < 4.78 is 5.66. The number of anilines is 1. The molecule has 0 heterocycles. The van der Waals surface area contributed by atoms with Crippen molar-refractivity contribution in [2.24, 2.45) is 5.73 Å². The number of carboxylic acids is 1. The average molecular weight is 376 g/mol. The Morgan fingerprint density at radius 1 is 0.786 bits per heavy atom. The first-order valence-corrected chi connectivity index (χ1v) is 8.25. The van der Waals surface area contributed by atoms with Crippen molar-refractivity contribution in [2.75, 3.05) is 5.32 Å². The van der Waals surface area contributed by atoms with Crippen LogP contribution >= 0.6 is 0 Å². The van der Waals surface area contributed by atoms with Gasteiger partial charge in [0.2, 0.25) is 5.91 Å². The van der Waals surface area contributed by atoms with Crippen molar-refractivity contribution in [2.45, 2.75) is 0 Å². The highest BCUT2D eigenvalue weighted by molar-refractivity contribution is 6.07. The summed E-state index contributed by atoms with van der Waals surface area (Å²) in [7, 11) is 0. The molecule has 3 rings (SSSR count). The number of ether oxygens (including phenoxy) is 1. The Labute approximate surface area is 160 Å². The number of benzene rings is 3. The van der Waals surface area contributed by atoms with Crippen molar-refractivity contribution in [3.8, 4) is 11.5 Å². The quantitative estimate of drug-likeness (QED) is 0.608. The normalized spacial score (nSPS) is 10.1. The van der Waals surface area contributed by atoms with Crippen LogP contribution in [0.15, 0.2) is 72.8 Å². The van der Waals surface area contributed by atoms with Gasteiger partial charge in [0.05, 0.1) is 11.3 Å². The minimum Gasteiger partial charge on any atom is -0.478 e. The van der Waals surface area contributed by atoms with Crippen LogP contribution in [0.5, 0.6) is 11.5 Å². The zero-order chi connectivity index (χ0) is 20.1. The van der Waals surface area contributed by atoms with E-state index in [-0.39, 0.29) is 11.3 Å². The second kappa shape index (κ2) is 8.05. The third-order valence-electron chi connectivity index (χ3n) is 3.90. The maximum Gasteiger partial charge on any atom is 0.337 e. The molecular formula is C21H16N2O5. The number of para-hydroxylation sites is 1. The van der Waals surface area contributed by atoms with E-state index in [1.165, 1.54) is 12.1 Å². The van der Waals surface area contributed by atoms with Crippen LogP contribution < -0.4 is 15.8 Å². The van der Waals surface area contributed by atoms with E-state index in [2.05, 4.69) is 5.32 Å². The molecule has 0 spiro atoms. The molecule has 0 saturated carbocycles. The number of amides is 2. The number of nitrogens with one attached hydrogen (secondary N) is 1. The smallest absolute Gasteiger partial charge is 0.337 e. The summed E-state index contributed by atoms with van der Waals surface area (Å²) in [6, 6.07) is 18.8. The molecule has 0 aliphatic carbocycles. The summed E-state index contributed by atoms with van der Waals surface area (Å²) in [5.41, 5.74) is 6.14. The molecule has 0 fully saturated rings. The number of carbonyl (C=O) groups excluding carboxylic acids is 2. The monoisotopic (exact) mass is 376 g/mol. The van der Waals surface area contributed by atoms with Gasteiger partial charge in [-0.3, -0.25) is 9.59 Å². The maximum absolute atomic E-state index is 12.4. The number of hydrogen-bond acceptors (Lipinski definition) is 4. The fourth-order valence-electron chi connectivity index (χ4n) is 2.47. The Bertz CT molecular complexity index is 1030. The molecule has 0 atom stereocenters. The Hall–Kier alpha value is -4.13. The van der Waals surface area contributed by atoms with E-state index in [0.29, 0.717) is 22.6 Å². The predicted octanol–water partition coefficient (Wildman–Crippen LogP) is 3.53. The van der Waals surface area contributed by atoms with Crippen molar-refractivity contribution in [3.05, 3.63) is 89.5 Å². The van der Waals surface area contributed by atoms with Crippen molar-refractivity contribution in [3.63, 3.8) is 0 Å². The third-order valence-corrected chi connectivity index (χ3v) is 3.90. The number of hydrogen-bond donors (Lipinski definition) is 3. The van der Waals surface area contributed by atoms with E-state index in [4.69, 9.17) is 10.5 Å². The second-order valence-corrected chi connectivity index (χ2v) is 5.82. The largest absolute Gasteiger partial charge is 0.478 e. The highest BCUT2D eigenvalue weighted by atomic mass is 16.5. The standard InChI is InChI=1S/C21H16N2O5/c22-19(24)13-5-9-15(10-6-13)28-16-11-7-14(8-12-16)20(25)23-18-4-2-1-3-17(18)21(26)27/h1-12H,(H2,22,24)(H,23,25)(H,26,27). The average Bonchev–Trinajstić information content (AvgIpc) is 2.69. The molecule has 0 aliphatic rings. The molecule has 3 aromatic rings. The number of carbonyl (C=O) groups is 3. The van der Waals surface area contributed by atoms with E-state index in [9.17, 15) is 19.5 Å². The Morgan fingerprint density at radius 2 is 1.32 bits per heavy atom. The van der Waals surface area contributed by atoms with Crippen LogP contribution in [0.2, 0.25) is 0 Å². The van der Waals surface area contributed by atoms with Crippen molar-refractivity contribution < 1.29 is 24.2 Å². The lowest BCUT2D eigenvalue weighted by Crippen LogP contribution is -2.14. The van der Waals surface area contributed by atoms with E-state index >= 15 is 0 Å². The molecule has 2 amide bonds. The van der Waals surface area contributed by atoms with Crippen LogP contribution in [0.25, 0.3) is 0 Å². The number of rotatable bonds is 6. The van der Waals surface area contributed by atoms with Gasteiger partial charge in [-0.05, 0) is 60.7 Å². The van der Waals surface area contributed by atoms with Gasteiger partial charge in [-0.25, -0.2) is 4.79 Å². The van der Waals surface area contributed by atoms with Crippen molar-refractivity contribution in [1.29, 1.82) is 0 Å². The summed E-state index contributed by atoms with van der Waals surface area (Å²) in [6.45, 7) is 0. The van der Waals surface area contributed by atoms with Crippen molar-refractivity contribution >= 4 is 23.5 Å². The van der Waals surface area contributed by atoms with Gasteiger partial charge in [0, 0.05) is 11.1 Å². The summed E-state index contributed by atoms with van der Waals surface area (Å²) in [6.07, 6.45) is 0. The van der Waals surface area contributed by atoms with Crippen LogP contribution in [-0.2, 0) is 0 Å². The van der Waals surface area contributed by atoms with Crippen LogP contribution in [0.1, 0.15) is 31.1 Å². The van der Waals surface area contributed by atoms with Gasteiger partial charge in [0.1, 0.15) is 11.5 Å². The molecular weight excluding hydrogens is 360 g/mol. The summed E-state index contributed by atoms with van der Waals surface area (Å²) >= 11 is 0. The Kier molecular flexibility index (Phi) is 5.36. The molecule has 0 saturated heterocycles. The molecule has 3 aromatic carbocycles. The van der Waals surface area contributed by atoms with Crippen LogP contribution in [0.3, 0.4) is 0 Å². The number of aromatic carboxylic acids is 1. The minimum absolute atomic E-state index is 0.00945. The zero-order valence-corrected chi connectivity index (χ0v) is 14.6. The van der Waals surface area contributed by atoms with Gasteiger partial charge >= 0.3 is 5.97 Å². The van der Waals surface area contributed by atoms with E-state index in [0.717, 1.165) is 0 Å². The lowest BCUT2D eigenvalue weighted by Gasteiger charge is -2.09. The topological polar surface area (TPSA) is 119 Å². The SMILES string of the molecule is NC(=O)c1ccc(Oc2ccc(C(=O)Nc3ccccc3C(=O)O)cc2)cc1. The van der Waals surface area contributed by atoms with E-state index < -0.39 is 17.8 Å². The first-order valence-electron chi connectivity index (χ1n) is 8.25. The zero-order valence-electron chi connectivity index (χ0n) is 14.6. The third kappa shape index (κ3) is 4.34. The van der Waals surface area contributed by atoms with Gasteiger partial charge in [-0.1, -0.05) is 12.1 Å². The molecule has 140 valence electrons. The molecule has 0 bridgehead atoms. The molecule has 4 N–H and O–H groups in total. The number of nitrogens with two attached hydrogens (primary N) is 1. The van der Waals surface area contributed by atoms with Crippen molar-refractivity contribution in [1.82, 2.24) is 0 Å². The molecule has 28 heavy (non-hydrogen) atoms. The fraction of sp³-hybridized carbons (Fsp3) is 0. The van der Waals surface area contributed by atoms with Gasteiger partial charge < -0.3 is 20.9 Å². The van der Waals surface area contributed by atoms with Gasteiger partial charge in [0.25, 0.3) is 5.91 Å². The maximum atomic E-state index is 12.4. The fourth-order valence-corrected chi connectivity index (χ4v) is 2.47. The predicted molar refractivity (Wildman–Crippen MR) is 103 cm³/mol. The Morgan fingerprint density at radius 3 is 1.86 bits per heavy atom. The van der Waals surface area contributed by atoms with Crippen LogP contribution in [0, 0.1) is 0 Å². The van der Waals surface area contributed by atoms with Crippen LogP contribution in [0.4, 0.5) is 5.69 Å². The summed E-state index contributed by atoms with van der Waals surface area (Å²) in [5.74, 6) is -1.08. The highest BCUT2D eigenvalue weighted by Gasteiger charge is 2.13.